The van der Waals surface area contributed by atoms with Crippen LogP contribution >= 0.6 is 0 Å². The van der Waals surface area contributed by atoms with E-state index in [-0.39, 0.29) is 0 Å². The van der Waals surface area contributed by atoms with Gasteiger partial charge in [0.2, 0.25) is 0 Å². The van der Waals surface area contributed by atoms with Gasteiger partial charge >= 0.3 is 0 Å². The van der Waals surface area contributed by atoms with Gasteiger partial charge < -0.3 is 15.0 Å². The maximum Gasteiger partial charge on any atom is 0.125 e. The topological polar surface area (TPSA) is 40.3 Å². The van der Waals surface area contributed by atoms with Crippen LogP contribution in [-0.4, -0.2) is 24.7 Å². The van der Waals surface area contributed by atoms with E-state index in [1.807, 2.05) is 19.3 Å². The summed E-state index contributed by atoms with van der Waals surface area (Å²) in [6.45, 7) is 0.934. The predicted octanol–water partition coefficient (Wildman–Crippen LogP) is 0.674. The zero-order valence-electron chi connectivity index (χ0n) is 6.50. The molecule has 2 unspecified atom stereocenters. The monoisotopic (exact) mass is 152 g/mol. The predicted molar refractivity (Wildman–Crippen MR) is 42.3 cm³/mol. The highest BCUT2D eigenvalue weighted by Crippen LogP contribution is 2.36. The van der Waals surface area contributed by atoms with Crippen molar-refractivity contribution in [1.82, 2.24) is 10.3 Å². The first-order valence-corrected chi connectivity index (χ1v) is 3.85. The van der Waals surface area contributed by atoms with Crippen LogP contribution in [0.25, 0.3) is 0 Å². The summed E-state index contributed by atoms with van der Waals surface area (Å²) < 4.78 is 5.41. The van der Waals surface area contributed by atoms with E-state index >= 15 is 0 Å². The van der Waals surface area contributed by atoms with E-state index in [4.69, 9.17) is 4.74 Å². The van der Waals surface area contributed by atoms with Crippen molar-refractivity contribution in [1.29, 1.82) is 0 Å². The number of hydrogen-bond donors (Lipinski definition) is 2. The van der Waals surface area contributed by atoms with Gasteiger partial charge in [-0.25, -0.2) is 0 Å². The molecule has 1 aliphatic heterocycles. The molecule has 2 atom stereocenters. The van der Waals surface area contributed by atoms with E-state index in [1.165, 1.54) is 5.69 Å². The van der Waals surface area contributed by atoms with E-state index in [0.717, 1.165) is 6.54 Å². The van der Waals surface area contributed by atoms with Crippen LogP contribution in [-0.2, 0) is 4.74 Å². The lowest BCUT2D eigenvalue weighted by atomic mass is 10.2. The van der Waals surface area contributed by atoms with Crippen LogP contribution < -0.4 is 5.32 Å². The molecule has 0 spiro atoms. The van der Waals surface area contributed by atoms with Gasteiger partial charge in [-0.1, -0.05) is 0 Å². The number of nitrogens with one attached hydrogen (secondary N) is 2. The van der Waals surface area contributed by atoms with E-state index in [2.05, 4.69) is 16.4 Å². The zero-order chi connectivity index (χ0) is 7.68. The van der Waals surface area contributed by atoms with Crippen LogP contribution in [0.4, 0.5) is 0 Å². The minimum Gasteiger partial charge on any atom is -0.363 e. The molecule has 1 aromatic rings. The standard InChI is InChI=1S/C8H12N2O/c1-9-5-7-8(11-7)6-3-2-4-10-6/h2-4,7-10H,5H2,1H3. The normalized spacial score (nSPS) is 28.8. The Labute approximate surface area is 65.8 Å². The summed E-state index contributed by atoms with van der Waals surface area (Å²) in [6.07, 6.45) is 2.60. The van der Waals surface area contributed by atoms with Gasteiger partial charge in [0.05, 0.1) is 0 Å². The Kier molecular flexibility index (Phi) is 1.68. The molecule has 0 aromatic carbocycles. The molecular weight excluding hydrogens is 140 g/mol. The fourth-order valence-electron chi connectivity index (χ4n) is 1.29. The molecule has 2 rings (SSSR count). The van der Waals surface area contributed by atoms with Gasteiger partial charge in [0.15, 0.2) is 0 Å². The summed E-state index contributed by atoms with van der Waals surface area (Å²) in [5, 5.41) is 3.08. The van der Waals surface area contributed by atoms with E-state index in [9.17, 15) is 0 Å². The first kappa shape index (κ1) is 6.88. The minimum atomic E-state index is 0.303. The van der Waals surface area contributed by atoms with Crippen molar-refractivity contribution in [3.8, 4) is 0 Å². The van der Waals surface area contributed by atoms with Crippen molar-refractivity contribution in [2.24, 2.45) is 0 Å². The van der Waals surface area contributed by atoms with Gasteiger partial charge in [0.25, 0.3) is 0 Å². The van der Waals surface area contributed by atoms with Crippen molar-refractivity contribution in [3.63, 3.8) is 0 Å². The Bertz CT molecular complexity index is 220. The number of likely N-dealkylation sites (N-methyl/N-ethyl adjacent to an activating group) is 1. The molecule has 3 nitrogen and oxygen atoms in total. The minimum absolute atomic E-state index is 0.303. The van der Waals surface area contributed by atoms with Gasteiger partial charge in [0, 0.05) is 18.4 Å². The SMILES string of the molecule is CNCC1OC1c1ccc[nH]1. The van der Waals surface area contributed by atoms with E-state index in [1.54, 1.807) is 0 Å². The molecule has 1 fully saturated rings. The summed E-state index contributed by atoms with van der Waals surface area (Å²) in [4.78, 5) is 3.13. The second-order valence-electron chi connectivity index (χ2n) is 2.78. The fraction of sp³-hybridized carbons (Fsp3) is 0.500. The Hall–Kier alpha value is -0.800. The molecule has 0 saturated carbocycles. The number of rotatable bonds is 3. The van der Waals surface area contributed by atoms with Crippen molar-refractivity contribution >= 4 is 0 Å². The molecule has 0 aliphatic carbocycles. The Morgan fingerprint density at radius 1 is 1.73 bits per heavy atom. The van der Waals surface area contributed by atoms with Gasteiger partial charge in [-0.2, -0.15) is 0 Å². The van der Waals surface area contributed by atoms with Crippen LogP contribution in [0.1, 0.15) is 11.8 Å². The Morgan fingerprint density at radius 3 is 3.27 bits per heavy atom. The Morgan fingerprint density at radius 2 is 2.64 bits per heavy atom. The van der Waals surface area contributed by atoms with E-state index in [0.29, 0.717) is 12.2 Å². The van der Waals surface area contributed by atoms with Crippen molar-refractivity contribution in [2.75, 3.05) is 13.6 Å². The smallest absolute Gasteiger partial charge is 0.125 e. The van der Waals surface area contributed by atoms with Crippen molar-refractivity contribution < 1.29 is 4.74 Å². The zero-order valence-corrected chi connectivity index (χ0v) is 6.50. The number of aromatic nitrogens is 1. The summed E-state index contributed by atoms with van der Waals surface area (Å²) in [5.74, 6) is 0. The molecule has 1 aromatic heterocycles. The van der Waals surface area contributed by atoms with Gasteiger partial charge in [-0.15, -0.1) is 0 Å². The molecular formula is C8H12N2O. The maximum absolute atomic E-state index is 5.41. The van der Waals surface area contributed by atoms with Crippen LogP contribution in [0.3, 0.4) is 0 Å². The highest BCUT2D eigenvalue weighted by atomic mass is 16.6. The third kappa shape index (κ3) is 1.29. The average molecular weight is 152 g/mol. The lowest BCUT2D eigenvalue weighted by molar-refractivity contribution is 0.368. The molecule has 3 heteroatoms. The van der Waals surface area contributed by atoms with Crippen LogP contribution in [0.2, 0.25) is 0 Å². The van der Waals surface area contributed by atoms with Crippen LogP contribution in [0, 0.1) is 0 Å². The number of aromatic amines is 1. The number of H-pyrrole nitrogens is 1. The second-order valence-corrected chi connectivity index (χ2v) is 2.78. The number of hydrogen-bond acceptors (Lipinski definition) is 2. The lowest BCUT2D eigenvalue weighted by Gasteiger charge is -1.90. The molecule has 1 saturated heterocycles. The van der Waals surface area contributed by atoms with Gasteiger partial charge in [-0.3, -0.25) is 0 Å². The van der Waals surface area contributed by atoms with Crippen molar-refractivity contribution in [3.05, 3.63) is 24.0 Å². The molecule has 2 N–H and O–H groups in total. The largest absolute Gasteiger partial charge is 0.363 e. The quantitative estimate of drug-likeness (QED) is 0.625. The van der Waals surface area contributed by atoms with Crippen LogP contribution in [0.15, 0.2) is 18.3 Å². The van der Waals surface area contributed by atoms with Crippen LogP contribution in [0.5, 0.6) is 0 Å². The molecule has 2 heterocycles. The average Bonchev–Trinajstić information content (AvgIpc) is 2.61. The van der Waals surface area contributed by atoms with E-state index < -0.39 is 0 Å². The van der Waals surface area contributed by atoms with Crippen molar-refractivity contribution in [2.45, 2.75) is 12.2 Å². The fourth-order valence-corrected chi connectivity index (χ4v) is 1.29. The third-order valence-corrected chi connectivity index (χ3v) is 1.92. The van der Waals surface area contributed by atoms with Gasteiger partial charge in [-0.05, 0) is 19.2 Å². The molecule has 0 radical (unpaired) electrons. The summed E-state index contributed by atoms with van der Waals surface area (Å²) in [6, 6.07) is 4.05. The number of ether oxygens (including phenoxy) is 1. The highest BCUT2D eigenvalue weighted by Gasteiger charge is 2.39. The maximum atomic E-state index is 5.41. The summed E-state index contributed by atoms with van der Waals surface area (Å²) >= 11 is 0. The Balaban J connectivity index is 1.92. The molecule has 0 bridgehead atoms. The molecule has 0 amide bonds. The first-order chi connectivity index (χ1) is 5.42. The number of epoxide rings is 1. The molecule has 60 valence electrons. The lowest BCUT2D eigenvalue weighted by Crippen LogP contribution is -2.13. The summed E-state index contributed by atoms with van der Waals surface area (Å²) in [7, 11) is 1.94. The molecule has 11 heavy (non-hydrogen) atoms. The third-order valence-electron chi connectivity index (χ3n) is 1.92. The second kappa shape index (κ2) is 2.68. The first-order valence-electron chi connectivity index (χ1n) is 3.85. The molecule has 1 aliphatic rings. The van der Waals surface area contributed by atoms with Gasteiger partial charge in [0.1, 0.15) is 12.2 Å². The highest BCUT2D eigenvalue weighted by molar-refractivity contribution is 5.14. The summed E-state index contributed by atoms with van der Waals surface area (Å²) in [5.41, 5.74) is 1.19.